The van der Waals surface area contributed by atoms with Crippen LogP contribution in [0.25, 0.3) is 38.8 Å². The van der Waals surface area contributed by atoms with Gasteiger partial charge in [0.1, 0.15) is 11.5 Å². The van der Waals surface area contributed by atoms with Gasteiger partial charge in [-0.1, -0.05) is 11.6 Å². The van der Waals surface area contributed by atoms with Crippen LogP contribution >= 0.6 is 11.6 Å². The second kappa shape index (κ2) is 7.56. The molecule has 0 aliphatic carbocycles. The van der Waals surface area contributed by atoms with E-state index in [1.807, 2.05) is 30.3 Å². The van der Waals surface area contributed by atoms with Gasteiger partial charge in [0.05, 0.1) is 30.9 Å². The number of benzene rings is 3. The number of hydrogen-bond donors (Lipinski definition) is 0. The van der Waals surface area contributed by atoms with Crippen LogP contribution in [-0.2, 0) is 0 Å². The van der Waals surface area contributed by atoms with Gasteiger partial charge in [0.25, 0.3) is 0 Å². The molecule has 0 N–H and O–H groups in total. The second-order valence-electron chi connectivity index (χ2n) is 6.99. The summed E-state index contributed by atoms with van der Waals surface area (Å²) in [6.45, 7) is 0. The number of halogens is 2. The first-order valence-corrected chi connectivity index (χ1v) is 9.92. The number of pyridine rings is 1. The van der Waals surface area contributed by atoms with Crippen LogP contribution in [0.15, 0.2) is 66.9 Å². The first-order chi connectivity index (χ1) is 15.1. The molecule has 0 aliphatic rings. The van der Waals surface area contributed by atoms with Crippen LogP contribution in [0.3, 0.4) is 0 Å². The average molecular weight is 434 g/mol. The molecule has 0 unspecified atom stereocenters. The maximum absolute atomic E-state index is 14.2. The quantitative estimate of drug-likeness (QED) is 0.346. The second-order valence-corrected chi connectivity index (χ2v) is 7.42. The Labute approximate surface area is 182 Å². The van der Waals surface area contributed by atoms with Crippen molar-refractivity contribution in [1.82, 2.24) is 14.8 Å². The summed E-state index contributed by atoms with van der Waals surface area (Å²) in [5.74, 6) is 0.880. The fourth-order valence-corrected chi connectivity index (χ4v) is 3.85. The van der Waals surface area contributed by atoms with Crippen LogP contribution in [0.2, 0.25) is 5.02 Å². The van der Waals surface area contributed by atoms with Gasteiger partial charge in [0, 0.05) is 27.6 Å². The third-order valence-corrected chi connectivity index (χ3v) is 5.45. The SMILES string of the molecule is COc1ccc(-c2nn(-c3ccc(Cl)cc3)c3c2cnc2ccc(F)cc23)cc1OC. The van der Waals surface area contributed by atoms with E-state index in [0.29, 0.717) is 33.1 Å². The topological polar surface area (TPSA) is 49.2 Å². The van der Waals surface area contributed by atoms with Crippen molar-refractivity contribution >= 4 is 33.4 Å². The van der Waals surface area contributed by atoms with Gasteiger partial charge >= 0.3 is 0 Å². The number of aromatic nitrogens is 3. The molecule has 5 aromatic rings. The van der Waals surface area contributed by atoms with Gasteiger partial charge in [-0.3, -0.25) is 4.98 Å². The van der Waals surface area contributed by atoms with Crippen molar-refractivity contribution in [2.75, 3.05) is 14.2 Å². The molecule has 0 amide bonds. The third-order valence-electron chi connectivity index (χ3n) is 5.20. The van der Waals surface area contributed by atoms with Crippen molar-refractivity contribution in [2.45, 2.75) is 0 Å². The molecule has 0 radical (unpaired) electrons. The highest BCUT2D eigenvalue weighted by Crippen LogP contribution is 2.37. The zero-order valence-electron chi connectivity index (χ0n) is 16.8. The van der Waals surface area contributed by atoms with Crippen molar-refractivity contribution in [2.24, 2.45) is 0 Å². The Morgan fingerprint density at radius 1 is 0.871 bits per heavy atom. The normalized spacial score (nSPS) is 11.2. The summed E-state index contributed by atoms with van der Waals surface area (Å²) in [6.07, 6.45) is 1.76. The van der Waals surface area contributed by atoms with Gasteiger partial charge in [-0.2, -0.15) is 5.10 Å². The molecule has 0 bridgehead atoms. The first-order valence-electron chi connectivity index (χ1n) is 9.54. The van der Waals surface area contributed by atoms with Crippen molar-refractivity contribution in [3.05, 3.63) is 77.7 Å². The van der Waals surface area contributed by atoms with E-state index in [1.54, 1.807) is 43.3 Å². The van der Waals surface area contributed by atoms with E-state index in [2.05, 4.69) is 4.98 Å². The molecule has 0 saturated heterocycles. The summed E-state index contributed by atoms with van der Waals surface area (Å²) in [5.41, 5.74) is 3.77. The molecule has 2 heterocycles. The maximum Gasteiger partial charge on any atom is 0.161 e. The molecule has 154 valence electrons. The average Bonchev–Trinajstić information content (AvgIpc) is 3.19. The zero-order valence-corrected chi connectivity index (χ0v) is 17.5. The Morgan fingerprint density at radius 3 is 2.39 bits per heavy atom. The number of ether oxygens (including phenoxy) is 2. The third kappa shape index (κ3) is 3.25. The molecular weight excluding hydrogens is 417 g/mol. The lowest BCUT2D eigenvalue weighted by Gasteiger charge is -2.08. The Kier molecular flexibility index (Phi) is 4.71. The zero-order chi connectivity index (χ0) is 21.5. The summed E-state index contributed by atoms with van der Waals surface area (Å²) in [7, 11) is 3.18. The number of nitrogens with zero attached hydrogens (tertiary/aromatic N) is 3. The maximum atomic E-state index is 14.2. The van der Waals surface area contributed by atoms with Crippen LogP contribution in [0.1, 0.15) is 0 Å². The van der Waals surface area contributed by atoms with Gasteiger partial charge in [-0.25, -0.2) is 9.07 Å². The van der Waals surface area contributed by atoms with Gasteiger partial charge < -0.3 is 9.47 Å². The minimum Gasteiger partial charge on any atom is -0.493 e. The van der Waals surface area contributed by atoms with E-state index in [9.17, 15) is 4.39 Å². The van der Waals surface area contributed by atoms with Crippen LogP contribution in [0.5, 0.6) is 11.5 Å². The van der Waals surface area contributed by atoms with Crippen molar-refractivity contribution in [3.8, 4) is 28.4 Å². The van der Waals surface area contributed by atoms with Crippen molar-refractivity contribution in [1.29, 1.82) is 0 Å². The molecule has 2 aromatic heterocycles. The van der Waals surface area contributed by atoms with E-state index >= 15 is 0 Å². The van der Waals surface area contributed by atoms with Gasteiger partial charge in [0.15, 0.2) is 11.5 Å². The molecule has 0 aliphatic heterocycles. The monoisotopic (exact) mass is 433 g/mol. The Hall–Kier alpha value is -3.64. The highest BCUT2D eigenvalue weighted by molar-refractivity contribution is 6.30. The summed E-state index contributed by atoms with van der Waals surface area (Å²) in [6, 6.07) is 17.5. The summed E-state index contributed by atoms with van der Waals surface area (Å²) in [4.78, 5) is 4.54. The largest absolute Gasteiger partial charge is 0.493 e. The molecule has 3 aromatic carbocycles. The van der Waals surface area contributed by atoms with E-state index in [-0.39, 0.29) is 5.82 Å². The van der Waals surface area contributed by atoms with Gasteiger partial charge in [-0.15, -0.1) is 0 Å². The van der Waals surface area contributed by atoms with Crippen LogP contribution in [0.4, 0.5) is 4.39 Å². The molecule has 0 fully saturated rings. The lowest BCUT2D eigenvalue weighted by Crippen LogP contribution is -1.97. The standard InChI is InChI=1S/C24H17ClFN3O2/c1-30-21-10-3-14(11-22(21)31-2)23-19-13-27-20-9-6-16(26)12-18(20)24(19)29(28-23)17-7-4-15(25)5-8-17/h3-13H,1-2H3. The number of hydrogen-bond acceptors (Lipinski definition) is 4. The van der Waals surface area contributed by atoms with Crippen LogP contribution in [-0.4, -0.2) is 29.0 Å². The highest BCUT2D eigenvalue weighted by Gasteiger charge is 2.19. The van der Waals surface area contributed by atoms with E-state index in [4.69, 9.17) is 26.2 Å². The number of methoxy groups -OCH3 is 2. The van der Waals surface area contributed by atoms with Crippen LogP contribution < -0.4 is 9.47 Å². The smallest absolute Gasteiger partial charge is 0.161 e. The minimum absolute atomic E-state index is 0.335. The Bertz CT molecular complexity index is 1430. The number of fused-ring (bicyclic) bond motifs is 3. The minimum atomic E-state index is -0.335. The molecule has 5 nitrogen and oxygen atoms in total. The fraction of sp³-hybridized carbons (Fsp3) is 0.0833. The lowest BCUT2D eigenvalue weighted by atomic mass is 10.1. The van der Waals surface area contributed by atoms with E-state index in [1.165, 1.54) is 12.1 Å². The molecule has 7 heteroatoms. The van der Waals surface area contributed by atoms with Gasteiger partial charge in [-0.05, 0) is 60.7 Å². The Balaban J connectivity index is 1.86. The predicted molar refractivity (Wildman–Crippen MR) is 120 cm³/mol. The van der Waals surface area contributed by atoms with Gasteiger partial charge in [0.2, 0.25) is 0 Å². The first kappa shape index (κ1) is 19.3. The lowest BCUT2D eigenvalue weighted by molar-refractivity contribution is 0.355. The molecule has 0 atom stereocenters. The van der Waals surface area contributed by atoms with Crippen LogP contribution in [0, 0.1) is 5.82 Å². The Morgan fingerprint density at radius 2 is 1.65 bits per heavy atom. The fourth-order valence-electron chi connectivity index (χ4n) is 3.72. The molecular formula is C24H17ClFN3O2. The summed E-state index contributed by atoms with van der Waals surface area (Å²) >= 11 is 6.08. The summed E-state index contributed by atoms with van der Waals surface area (Å²) < 4.78 is 26.8. The summed E-state index contributed by atoms with van der Waals surface area (Å²) in [5, 5.41) is 6.97. The predicted octanol–water partition coefficient (Wildman–Crippen LogP) is 6.05. The molecule has 31 heavy (non-hydrogen) atoms. The number of rotatable bonds is 4. The van der Waals surface area contributed by atoms with E-state index < -0.39 is 0 Å². The molecule has 0 spiro atoms. The van der Waals surface area contributed by atoms with E-state index in [0.717, 1.165) is 22.2 Å². The molecule has 0 saturated carbocycles. The highest BCUT2D eigenvalue weighted by atomic mass is 35.5. The molecule has 5 rings (SSSR count). The van der Waals surface area contributed by atoms with Crippen molar-refractivity contribution < 1.29 is 13.9 Å². The van der Waals surface area contributed by atoms with Crippen molar-refractivity contribution in [3.63, 3.8) is 0 Å².